The minimum Gasteiger partial charge on any atom is -0.394 e. The number of amides is 1. The molecule has 0 heterocycles. The summed E-state index contributed by atoms with van der Waals surface area (Å²) < 4.78 is 13.2. The average molecular weight is 260 g/mol. The van der Waals surface area contributed by atoms with E-state index in [-0.39, 0.29) is 17.2 Å². The van der Waals surface area contributed by atoms with Crippen molar-refractivity contribution in [1.29, 1.82) is 0 Å². The maximum Gasteiger partial charge on any atom is 0.251 e. The molecule has 0 fully saturated rings. The van der Waals surface area contributed by atoms with Crippen molar-refractivity contribution in [2.75, 3.05) is 6.61 Å². The number of aliphatic hydroxyl groups is 1. The van der Waals surface area contributed by atoms with Crippen molar-refractivity contribution in [3.8, 4) is 0 Å². The molecule has 0 aromatic heterocycles. The zero-order valence-electron chi connectivity index (χ0n) is 9.76. The number of benzene rings is 1. The van der Waals surface area contributed by atoms with Crippen molar-refractivity contribution in [3.05, 3.63) is 34.6 Å². The van der Waals surface area contributed by atoms with E-state index in [2.05, 4.69) is 5.32 Å². The molecule has 17 heavy (non-hydrogen) atoms. The highest BCUT2D eigenvalue weighted by Gasteiger charge is 2.24. The number of halogens is 2. The van der Waals surface area contributed by atoms with Crippen LogP contribution in [0.1, 0.15) is 30.6 Å². The molecule has 1 amide bonds. The first-order valence-corrected chi connectivity index (χ1v) is 5.68. The molecule has 0 saturated heterocycles. The summed E-state index contributed by atoms with van der Waals surface area (Å²) in [6.45, 7) is 3.39. The predicted octanol–water partition coefficient (Wildman–Crippen LogP) is 2.37. The van der Waals surface area contributed by atoms with Gasteiger partial charge in [-0.3, -0.25) is 4.79 Å². The minimum atomic E-state index is -0.701. The molecule has 1 atom stereocenters. The van der Waals surface area contributed by atoms with Crippen LogP contribution >= 0.6 is 11.6 Å². The molecule has 0 aliphatic heterocycles. The molecule has 0 bridgehead atoms. The third kappa shape index (κ3) is 3.41. The number of carbonyl (C=O) groups excluding carboxylic acids is 1. The molecule has 0 radical (unpaired) electrons. The Morgan fingerprint density at radius 1 is 1.59 bits per heavy atom. The Hall–Kier alpha value is -1.13. The van der Waals surface area contributed by atoms with Gasteiger partial charge in [-0.2, -0.15) is 0 Å². The lowest BCUT2D eigenvalue weighted by Crippen LogP contribution is -2.48. The van der Waals surface area contributed by atoms with Gasteiger partial charge in [-0.15, -0.1) is 0 Å². The Kier molecular flexibility index (Phi) is 4.48. The normalized spacial score (nSPS) is 14.2. The lowest BCUT2D eigenvalue weighted by atomic mass is 9.99. The Labute approximate surface area is 105 Å². The molecular formula is C12H15ClFNO2. The van der Waals surface area contributed by atoms with Crippen LogP contribution in [0.5, 0.6) is 0 Å². The van der Waals surface area contributed by atoms with Crippen LogP contribution in [0.15, 0.2) is 18.2 Å². The van der Waals surface area contributed by atoms with Crippen LogP contribution in [0.3, 0.4) is 0 Å². The summed E-state index contributed by atoms with van der Waals surface area (Å²) in [6.07, 6.45) is 0.575. The van der Waals surface area contributed by atoms with E-state index >= 15 is 0 Å². The van der Waals surface area contributed by atoms with Gasteiger partial charge in [0.15, 0.2) is 0 Å². The van der Waals surface area contributed by atoms with Crippen LogP contribution in [-0.2, 0) is 0 Å². The molecule has 2 N–H and O–H groups in total. The molecule has 0 unspecified atom stereocenters. The van der Waals surface area contributed by atoms with Gasteiger partial charge in [-0.05, 0) is 31.5 Å². The van der Waals surface area contributed by atoms with Crippen LogP contribution in [0, 0.1) is 5.82 Å². The minimum absolute atomic E-state index is 0.0260. The second-order valence-corrected chi connectivity index (χ2v) is 4.56. The molecule has 0 aliphatic rings. The summed E-state index contributed by atoms with van der Waals surface area (Å²) >= 11 is 5.53. The van der Waals surface area contributed by atoms with Crippen molar-refractivity contribution in [1.82, 2.24) is 5.32 Å². The second kappa shape index (κ2) is 5.47. The van der Waals surface area contributed by atoms with E-state index < -0.39 is 17.3 Å². The fourth-order valence-electron chi connectivity index (χ4n) is 1.22. The molecule has 1 aromatic carbocycles. The van der Waals surface area contributed by atoms with Gasteiger partial charge in [0.1, 0.15) is 5.82 Å². The highest BCUT2D eigenvalue weighted by molar-refractivity contribution is 6.30. The van der Waals surface area contributed by atoms with Gasteiger partial charge < -0.3 is 10.4 Å². The van der Waals surface area contributed by atoms with Gasteiger partial charge >= 0.3 is 0 Å². The van der Waals surface area contributed by atoms with Crippen molar-refractivity contribution in [3.63, 3.8) is 0 Å². The van der Waals surface area contributed by atoms with Crippen molar-refractivity contribution >= 4 is 17.5 Å². The number of rotatable bonds is 4. The quantitative estimate of drug-likeness (QED) is 0.872. The lowest BCUT2D eigenvalue weighted by molar-refractivity contribution is 0.0847. The first kappa shape index (κ1) is 13.9. The maximum absolute atomic E-state index is 13.2. The third-order valence-corrected chi connectivity index (χ3v) is 3.03. The topological polar surface area (TPSA) is 49.3 Å². The summed E-state index contributed by atoms with van der Waals surface area (Å²) in [5, 5.41) is 11.8. The predicted molar refractivity (Wildman–Crippen MR) is 64.7 cm³/mol. The van der Waals surface area contributed by atoms with Crippen LogP contribution in [0.4, 0.5) is 4.39 Å². The maximum atomic E-state index is 13.2. The largest absolute Gasteiger partial charge is 0.394 e. The zero-order chi connectivity index (χ0) is 13.1. The van der Waals surface area contributed by atoms with E-state index in [9.17, 15) is 9.18 Å². The molecular weight excluding hydrogens is 245 g/mol. The molecule has 0 aliphatic carbocycles. The monoisotopic (exact) mass is 259 g/mol. The van der Waals surface area contributed by atoms with E-state index in [4.69, 9.17) is 16.7 Å². The van der Waals surface area contributed by atoms with Gasteiger partial charge in [0.05, 0.1) is 17.2 Å². The number of aliphatic hydroxyl groups excluding tert-OH is 1. The van der Waals surface area contributed by atoms with Crippen molar-refractivity contribution < 1.29 is 14.3 Å². The number of nitrogens with one attached hydrogen (secondary N) is 1. The Balaban J connectivity index is 2.86. The Morgan fingerprint density at radius 3 is 2.71 bits per heavy atom. The number of hydrogen-bond acceptors (Lipinski definition) is 2. The van der Waals surface area contributed by atoms with Gasteiger partial charge in [-0.1, -0.05) is 18.5 Å². The second-order valence-electron chi connectivity index (χ2n) is 4.16. The van der Waals surface area contributed by atoms with Gasteiger partial charge in [0.25, 0.3) is 5.91 Å². The average Bonchev–Trinajstić information content (AvgIpc) is 2.32. The van der Waals surface area contributed by atoms with E-state index in [1.807, 2.05) is 6.92 Å². The number of hydrogen-bond donors (Lipinski definition) is 2. The SMILES string of the molecule is CC[C@](C)(CO)NC(=O)c1ccc(Cl)c(F)c1. The summed E-state index contributed by atoms with van der Waals surface area (Å²) in [7, 11) is 0. The third-order valence-electron chi connectivity index (χ3n) is 2.73. The molecule has 0 saturated carbocycles. The highest BCUT2D eigenvalue weighted by atomic mass is 35.5. The summed E-state index contributed by atoms with van der Waals surface area (Å²) in [5.74, 6) is -1.07. The summed E-state index contributed by atoms with van der Waals surface area (Å²) in [6, 6.07) is 3.84. The molecule has 0 spiro atoms. The summed E-state index contributed by atoms with van der Waals surface area (Å²) in [4.78, 5) is 11.8. The smallest absolute Gasteiger partial charge is 0.251 e. The summed E-state index contributed by atoms with van der Waals surface area (Å²) in [5.41, 5.74) is -0.521. The molecule has 1 rings (SSSR count). The van der Waals surface area contributed by atoms with E-state index in [1.54, 1.807) is 6.92 Å². The van der Waals surface area contributed by atoms with Crippen LogP contribution < -0.4 is 5.32 Å². The van der Waals surface area contributed by atoms with Crippen LogP contribution in [0.2, 0.25) is 5.02 Å². The molecule has 3 nitrogen and oxygen atoms in total. The van der Waals surface area contributed by atoms with Crippen LogP contribution in [-0.4, -0.2) is 23.2 Å². The van der Waals surface area contributed by atoms with Crippen LogP contribution in [0.25, 0.3) is 0 Å². The fraction of sp³-hybridized carbons (Fsp3) is 0.417. The Morgan fingerprint density at radius 2 is 2.24 bits per heavy atom. The molecule has 1 aromatic rings. The highest BCUT2D eigenvalue weighted by Crippen LogP contribution is 2.16. The standard InChI is InChI=1S/C12H15ClFNO2/c1-3-12(2,7-16)15-11(17)8-4-5-9(13)10(14)6-8/h4-6,16H,3,7H2,1-2H3,(H,15,17)/t12-/m1/s1. The first-order valence-electron chi connectivity index (χ1n) is 5.30. The van der Waals surface area contributed by atoms with Crippen molar-refractivity contribution in [2.45, 2.75) is 25.8 Å². The van der Waals surface area contributed by atoms with Gasteiger partial charge in [0.2, 0.25) is 0 Å². The van der Waals surface area contributed by atoms with Gasteiger partial charge in [-0.25, -0.2) is 4.39 Å². The van der Waals surface area contributed by atoms with Crippen molar-refractivity contribution in [2.24, 2.45) is 0 Å². The van der Waals surface area contributed by atoms with E-state index in [0.717, 1.165) is 6.07 Å². The number of carbonyl (C=O) groups is 1. The first-order chi connectivity index (χ1) is 7.91. The molecule has 5 heteroatoms. The fourth-order valence-corrected chi connectivity index (χ4v) is 1.34. The van der Waals surface area contributed by atoms with Gasteiger partial charge in [0, 0.05) is 5.56 Å². The molecule has 94 valence electrons. The zero-order valence-corrected chi connectivity index (χ0v) is 10.5. The van der Waals surface area contributed by atoms with E-state index in [0.29, 0.717) is 6.42 Å². The Bertz CT molecular complexity index is 419. The lowest BCUT2D eigenvalue weighted by Gasteiger charge is -2.27. The van der Waals surface area contributed by atoms with E-state index in [1.165, 1.54) is 12.1 Å².